The van der Waals surface area contributed by atoms with E-state index < -0.39 is 0 Å². The third-order valence-electron chi connectivity index (χ3n) is 5.52. The van der Waals surface area contributed by atoms with Crippen LogP contribution in [0.1, 0.15) is 17.3 Å². The smallest absolute Gasteiger partial charge is 0.253 e. The fourth-order valence-corrected chi connectivity index (χ4v) is 3.84. The van der Waals surface area contributed by atoms with E-state index in [1.807, 2.05) is 35.5 Å². The summed E-state index contributed by atoms with van der Waals surface area (Å²) in [4.78, 5) is 32.7. The van der Waals surface area contributed by atoms with Gasteiger partial charge in [0.2, 0.25) is 5.91 Å². The Balaban J connectivity index is 1.28. The molecule has 3 aromatic rings. The van der Waals surface area contributed by atoms with Gasteiger partial charge in [-0.2, -0.15) is 0 Å². The standard InChI is InChI=1S/C24H27N5O2/c1-19(30)26-22-9-7-21(8-10-22)24(31)29-17-14-27(15-18-29)13-16-28-12-11-25-23(28)20-5-3-2-4-6-20/h2-12H,13-18H2,1H3,(H,26,30). The number of aromatic nitrogens is 2. The Kier molecular flexibility index (Phi) is 6.43. The Morgan fingerprint density at radius 2 is 1.65 bits per heavy atom. The van der Waals surface area contributed by atoms with Crippen molar-refractivity contribution in [1.82, 2.24) is 19.4 Å². The van der Waals surface area contributed by atoms with Crippen LogP contribution in [0, 0.1) is 0 Å². The number of hydrogen-bond acceptors (Lipinski definition) is 4. The number of rotatable bonds is 6. The largest absolute Gasteiger partial charge is 0.336 e. The minimum atomic E-state index is -0.123. The lowest BCUT2D eigenvalue weighted by molar-refractivity contribution is -0.114. The van der Waals surface area contributed by atoms with Gasteiger partial charge in [0.15, 0.2) is 0 Å². The van der Waals surface area contributed by atoms with Crippen LogP contribution in [0.4, 0.5) is 5.69 Å². The third kappa shape index (κ3) is 5.19. The summed E-state index contributed by atoms with van der Waals surface area (Å²) >= 11 is 0. The fourth-order valence-electron chi connectivity index (χ4n) is 3.84. The molecule has 1 aliphatic heterocycles. The molecule has 0 aliphatic carbocycles. The summed E-state index contributed by atoms with van der Waals surface area (Å²) in [5.41, 5.74) is 2.46. The van der Waals surface area contributed by atoms with Gasteiger partial charge in [-0.05, 0) is 24.3 Å². The van der Waals surface area contributed by atoms with Crippen molar-refractivity contribution in [3.8, 4) is 11.4 Å². The minimum Gasteiger partial charge on any atom is -0.336 e. The van der Waals surface area contributed by atoms with Gasteiger partial charge in [0.1, 0.15) is 5.82 Å². The number of benzene rings is 2. The molecule has 0 unspecified atom stereocenters. The van der Waals surface area contributed by atoms with Crippen LogP contribution >= 0.6 is 0 Å². The van der Waals surface area contributed by atoms with E-state index >= 15 is 0 Å². The highest BCUT2D eigenvalue weighted by Gasteiger charge is 2.22. The molecule has 4 rings (SSSR count). The second kappa shape index (κ2) is 9.57. The lowest BCUT2D eigenvalue weighted by Crippen LogP contribution is -2.49. The summed E-state index contributed by atoms with van der Waals surface area (Å²) in [6, 6.07) is 17.3. The van der Waals surface area contributed by atoms with Gasteiger partial charge in [0.05, 0.1) is 0 Å². The number of nitrogens with zero attached hydrogens (tertiary/aromatic N) is 4. The first-order valence-electron chi connectivity index (χ1n) is 10.6. The fraction of sp³-hybridized carbons (Fsp3) is 0.292. The van der Waals surface area contributed by atoms with Gasteiger partial charge in [-0.3, -0.25) is 14.5 Å². The monoisotopic (exact) mass is 417 g/mol. The van der Waals surface area contributed by atoms with Crippen molar-refractivity contribution in [2.24, 2.45) is 0 Å². The van der Waals surface area contributed by atoms with Crippen LogP contribution in [0.3, 0.4) is 0 Å². The quantitative estimate of drug-likeness (QED) is 0.669. The molecule has 1 aromatic heterocycles. The lowest BCUT2D eigenvalue weighted by atomic mass is 10.1. The Morgan fingerprint density at radius 1 is 0.935 bits per heavy atom. The highest BCUT2D eigenvalue weighted by Crippen LogP contribution is 2.17. The van der Waals surface area contributed by atoms with Crippen molar-refractivity contribution in [1.29, 1.82) is 0 Å². The normalized spacial score (nSPS) is 14.4. The van der Waals surface area contributed by atoms with E-state index in [-0.39, 0.29) is 11.8 Å². The molecule has 0 spiro atoms. The van der Waals surface area contributed by atoms with Gasteiger partial charge in [-0.15, -0.1) is 0 Å². The molecule has 160 valence electrons. The van der Waals surface area contributed by atoms with Crippen LogP contribution in [0.25, 0.3) is 11.4 Å². The third-order valence-corrected chi connectivity index (χ3v) is 5.52. The van der Waals surface area contributed by atoms with E-state index in [9.17, 15) is 9.59 Å². The average Bonchev–Trinajstić information content (AvgIpc) is 3.27. The van der Waals surface area contributed by atoms with Crippen molar-refractivity contribution in [2.75, 3.05) is 38.0 Å². The van der Waals surface area contributed by atoms with Crippen LogP contribution in [0.2, 0.25) is 0 Å². The second-order valence-electron chi connectivity index (χ2n) is 7.70. The molecule has 0 radical (unpaired) electrons. The molecule has 1 fully saturated rings. The molecular weight excluding hydrogens is 390 g/mol. The first kappa shape index (κ1) is 20.8. The number of anilines is 1. The van der Waals surface area contributed by atoms with Gasteiger partial charge >= 0.3 is 0 Å². The summed E-state index contributed by atoms with van der Waals surface area (Å²) in [5, 5.41) is 2.72. The Morgan fingerprint density at radius 3 is 2.32 bits per heavy atom. The maximum absolute atomic E-state index is 12.8. The predicted octanol–water partition coefficient (Wildman–Crippen LogP) is 2.97. The molecule has 7 heteroatoms. The van der Waals surface area contributed by atoms with Gasteiger partial charge in [0, 0.05) is 75.4 Å². The van der Waals surface area contributed by atoms with Crippen molar-refractivity contribution in [2.45, 2.75) is 13.5 Å². The lowest BCUT2D eigenvalue weighted by Gasteiger charge is -2.35. The zero-order valence-corrected chi connectivity index (χ0v) is 17.7. The van der Waals surface area contributed by atoms with E-state index in [0.29, 0.717) is 24.3 Å². The molecule has 1 N–H and O–H groups in total. The van der Waals surface area contributed by atoms with Crippen molar-refractivity contribution in [3.63, 3.8) is 0 Å². The molecule has 1 aliphatic rings. The Hall–Kier alpha value is -3.45. The summed E-state index contributed by atoms with van der Waals surface area (Å²) in [6.45, 7) is 6.37. The number of carbonyl (C=O) groups excluding carboxylic acids is 2. The van der Waals surface area contributed by atoms with E-state index in [2.05, 4.69) is 31.9 Å². The van der Waals surface area contributed by atoms with Crippen LogP contribution in [-0.4, -0.2) is 63.9 Å². The van der Waals surface area contributed by atoms with Crippen molar-refractivity contribution >= 4 is 17.5 Å². The number of imidazole rings is 1. The molecule has 2 heterocycles. The average molecular weight is 418 g/mol. The molecule has 31 heavy (non-hydrogen) atoms. The van der Waals surface area contributed by atoms with Crippen LogP contribution in [0.15, 0.2) is 67.0 Å². The van der Waals surface area contributed by atoms with Gasteiger partial charge in [-0.1, -0.05) is 30.3 Å². The summed E-state index contributed by atoms with van der Waals surface area (Å²) < 4.78 is 2.18. The highest BCUT2D eigenvalue weighted by molar-refractivity contribution is 5.95. The number of amides is 2. The molecular formula is C24H27N5O2. The first-order chi connectivity index (χ1) is 15.1. The van der Waals surface area contributed by atoms with Gasteiger partial charge in [0.25, 0.3) is 5.91 Å². The molecule has 0 saturated carbocycles. The number of hydrogen-bond donors (Lipinski definition) is 1. The number of piperazine rings is 1. The molecule has 1 saturated heterocycles. The van der Waals surface area contributed by atoms with Crippen LogP contribution in [-0.2, 0) is 11.3 Å². The Labute approximate surface area is 182 Å². The second-order valence-corrected chi connectivity index (χ2v) is 7.70. The maximum atomic E-state index is 12.8. The van der Waals surface area contributed by atoms with E-state index in [4.69, 9.17) is 0 Å². The Bertz CT molecular complexity index is 1020. The summed E-state index contributed by atoms with van der Waals surface area (Å²) in [7, 11) is 0. The summed E-state index contributed by atoms with van der Waals surface area (Å²) in [6.07, 6.45) is 3.86. The van der Waals surface area contributed by atoms with E-state index in [1.54, 1.807) is 24.3 Å². The molecule has 2 aromatic carbocycles. The van der Waals surface area contributed by atoms with Crippen LogP contribution < -0.4 is 5.32 Å². The van der Waals surface area contributed by atoms with Crippen molar-refractivity contribution < 1.29 is 9.59 Å². The number of nitrogens with one attached hydrogen (secondary N) is 1. The predicted molar refractivity (Wildman–Crippen MR) is 121 cm³/mol. The molecule has 0 atom stereocenters. The molecule has 7 nitrogen and oxygen atoms in total. The number of carbonyl (C=O) groups is 2. The van der Waals surface area contributed by atoms with Gasteiger partial charge < -0.3 is 14.8 Å². The van der Waals surface area contributed by atoms with Crippen LogP contribution in [0.5, 0.6) is 0 Å². The molecule has 0 bridgehead atoms. The van der Waals surface area contributed by atoms with Gasteiger partial charge in [-0.25, -0.2) is 4.98 Å². The first-order valence-corrected chi connectivity index (χ1v) is 10.6. The highest BCUT2D eigenvalue weighted by atomic mass is 16.2. The SMILES string of the molecule is CC(=O)Nc1ccc(C(=O)N2CCN(CCn3ccnc3-c3ccccc3)CC2)cc1. The van der Waals surface area contributed by atoms with Crippen molar-refractivity contribution in [3.05, 3.63) is 72.6 Å². The van der Waals surface area contributed by atoms with E-state index in [1.165, 1.54) is 6.92 Å². The topological polar surface area (TPSA) is 70.5 Å². The minimum absolute atomic E-state index is 0.0370. The zero-order valence-electron chi connectivity index (χ0n) is 17.7. The molecule has 2 amide bonds. The maximum Gasteiger partial charge on any atom is 0.253 e. The zero-order chi connectivity index (χ0) is 21.6. The summed E-state index contributed by atoms with van der Waals surface area (Å²) in [5.74, 6) is 0.897. The van der Waals surface area contributed by atoms with E-state index in [0.717, 1.165) is 37.6 Å².